The van der Waals surface area contributed by atoms with Gasteiger partial charge in [0.2, 0.25) is 0 Å². The number of fused-ring (bicyclic) bond motifs is 3. The van der Waals surface area contributed by atoms with Crippen LogP contribution in [0.3, 0.4) is 0 Å². The van der Waals surface area contributed by atoms with Crippen molar-refractivity contribution in [2.75, 3.05) is 31.2 Å². The van der Waals surface area contributed by atoms with Gasteiger partial charge in [0.1, 0.15) is 11.6 Å². The molecule has 1 fully saturated rings. The second-order valence-electron chi connectivity index (χ2n) is 8.34. The maximum absolute atomic E-state index is 10.0. The summed E-state index contributed by atoms with van der Waals surface area (Å²) in [6.45, 7) is 3.75. The first-order valence-electron chi connectivity index (χ1n) is 11.2. The molecular formula is C27H24N4O2. The second kappa shape index (κ2) is 8.22. The molecule has 0 bridgehead atoms. The molecule has 0 saturated carbocycles. The fourth-order valence-electron chi connectivity index (χ4n) is 4.56. The molecule has 0 atom stereocenters. The van der Waals surface area contributed by atoms with Crippen molar-refractivity contribution in [3.05, 3.63) is 84.6 Å². The minimum atomic E-state index is 0.205. The summed E-state index contributed by atoms with van der Waals surface area (Å²) in [6.07, 6.45) is 2.13. The predicted octanol–water partition coefficient (Wildman–Crippen LogP) is 4.84. The zero-order valence-electron chi connectivity index (χ0n) is 18.2. The number of morpholine rings is 1. The first-order chi connectivity index (χ1) is 16.3. The molecule has 3 heterocycles. The van der Waals surface area contributed by atoms with Crippen LogP contribution in [0.25, 0.3) is 33.2 Å². The van der Waals surface area contributed by atoms with Crippen LogP contribution in [0.2, 0.25) is 0 Å². The van der Waals surface area contributed by atoms with E-state index in [4.69, 9.17) is 14.7 Å². The van der Waals surface area contributed by atoms with Crippen molar-refractivity contribution < 1.29 is 9.84 Å². The molecule has 1 aliphatic rings. The van der Waals surface area contributed by atoms with E-state index in [1.165, 1.54) is 5.56 Å². The summed E-state index contributed by atoms with van der Waals surface area (Å²) < 4.78 is 7.83. The van der Waals surface area contributed by atoms with Crippen LogP contribution in [-0.2, 0) is 11.3 Å². The lowest BCUT2D eigenvalue weighted by Gasteiger charge is -2.29. The van der Waals surface area contributed by atoms with Crippen LogP contribution < -0.4 is 4.90 Å². The van der Waals surface area contributed by atoms with Crippen molar-refractivity contribution in [3.63, 3.8) is 0 Å². The Bertz CT molecular complexity index is 1440. The van der Waals surface area contributed by atoms with Gasteiger partial charge in [-0.1, -0.05) is 42.5 Å². The lowest BCUT2D eigenvalue weighted by atomic mass is 10.1. The predicted molar refractivity (Wildman–Crippen MR) is 131 cm³/mol. The average Bonchev–Trinajstić information content (AvgIpc) is 3.27. The largest absolute Gasteiger partial charge is 0.508 e. The molecular weight excluding hydrogens is 412 g/mol. The third-order valence-electron chi connectivity index (χ3n) is 6.21. The number of anilines is 1. The van der Waals surface area contributed by atoms with Crippen molar-refractivity contribution in [3.8, 4) is 17.1 Å². The molecule has 0 aliphatic carbocycles. The molecule has 164 valence electrons. The van der Waals surface area contributed by atoms with Crippen LogP contribution in [0, 0.1) is 0 Å². The summed E-state index contributed by atoms with van der Waals surface area (Å²) in [5.74, 6) is 1.74. The van der Waals surface area contributed by atoms with E-state index in [2.05, 4.69) is 58.1 Å². The molecule has 6 nitrogen and oxygen atoms in total. The Hall–Kier alpha value is -3.90. The van der Waals surface area contributed by atoms with Crippen LogP contribution in [0.1, 0.15) is 5.56 Å². The van der Waals surface area contributed by atoms with Gasteiger partial charge in [-0.05, 0) is 35.9 Å². The fourth-order valence-corrected chi connectivity index (χ4v) is 4.56. The van der Waals surface area contributed by atoms with E-state index in [-0.39, 0.29) is 5.75 Å². The highest BCUT2D eigenvalue weighted by Crippen LogP contribution is 2.34. The van der Waals surface area contributed by atoms with Gasteiger partial charge in [-0.2, -0.15) is 0 Å². The topological polar surface area (TPSA) is 63.4 Å². The monoisotopic (exact) mass is 436 g/mol. The summed E-state index contributed by atoms with van der Waals surface area (Å²) in [5.41, 5.74) is 4.12. The van der Waals surface area contributed by atoms with E-state index < -0.39 is 0 Å². The molecule has 5 aromatic rings. The standard InChI is InChI=1S/C27H24N4O2/c32-21-8-4-7-20(17-21)26-28-25-22-11-12-31(18-19-5-2-1-3-6-19)24(22)10-9-23(25)27(29-26)30-13-15-33-16-14-30/h1-12,17,32H,13-16,18H2. The van der Waals surface area contributed by atoms with Gasteiger partial charge in [0.15, 0.2) is 5.82 Å². The SMILES string of the molecule is Oc1cccc(-c2nc(N3CCOCC3)c3ccc4c(ccn4Cc4ccccc4)c3n2)c1. The maximum atomic E-state index is 10.0. The summed E-state index contributed by atoms with van der Waals surface area (Å²) in [7, 11) is 0. The van der Waals surface area contributed by atoms with E-state index in [0.717, 1.165) is 52.8 Å². The molecule has 3 aromatic carbocycles. The number of benzene rings is 3. The van der Waals surface area contributed by atoms with E-state index >= 15 is 0 Å². The first-order valence-corrected chi connectivity index (χ1v) is 11.2. The quantitative estimate of drug-likeness (QED) is 0.437. The van der Waals surface area contributed by atoms with Gasteiger partial charge in [0, 0.05) is 42.2 Å². The summed E-state index contributed by atoms with van der Waals surface area (Å²) in [4.78, 5) is 12.2. The van der Waals surface area contributed by atoms with E-state index in [1.807, 2.05) is 18.2 Å². The van der Waals surface area contributed by atoms with Gasteiger partial charge in [0.05, 0.1) is 24.2 Å². The normalized spacial score (nSPS) is 14.2. The first kappa shape index (κ1) is 19.8. The number of phenolic OH excluding ortho intramolecular Hbond substituents is 1. The van der Waals surface area contributed by atoms with E-state index in [1.54, 1.807) is 12.1 Å². The third kappa shape index (κ3) is 3.68. The summed E-state index contributed by atoms with van der Waals surface area (Å²) in [6, 6.07) is 24.0. The van der Waals surface area contributed by atoms with E-state index in [9.17, 15) is 5.11 Å². The van der Waals surface area contributed by atoms with Crippen molar-refractivity contribution in [1.82, 2.24) is 14.5 Å². The van der Waals surface area contributed by atoms with Crippen LogP contribution in [-0.4, -0.2) is 45.9 Å². The van der Waals surface area contributed by atoms with Gasteiger partial charge in [-0.15, -0.1) is 0 Å². The molecule has 6 rings (SSSR count). The number of aromatic nitrogens is 3. The molecule has 1 N–H and O–H groups in total. The number of ether oxygens (including phenoxy) is 1. The molecule has 1 aliphatic heterocycles. The number of phenols is 1. The number of hydrogen-bond donors (Lipinski definition) is 1. The maximum Gasteiger partial charge on any atom is 0.162 e. The Labute approximate surface area is 191 Å². The molecule has 0 unspecified atom stereocenters. The molecule has 2 aromatic heterocycles. The smallest absolute Gasteiger partial charge is 0.162 e. The second-order valence-corrected chi connectivity index (χ2v) is 8.34. The zero-order valence-corrected chi connectivity index (χ0v) is 18.2. The van der Waals surface area contributed by atoms with Crippen molar-refractivity contribution in [2.45, 2.75) is 6.54 Å². The van der Waals surface area contributed by atoms with Gasteiger partial charge < -0.3 is 19.3 Å². The number of nitrogens with zero attached hydrogens (tertiary/aromatic N) is 4. The minimum absolute atomic E-state index is 0.205. The number of rotatable bonds is 4. The Balaban J connectivity index is 1.55. The molecule has 6 heteroatoms. The van der Waals surface area contributed by atoms with Crippen LogP contribution >= 0.6 is 0 Å². The third-order valence-corrected chi connectivity index (χ3v) is 6.21. The number of aromatic hydroxyl groups is 1. The minimum Gasteiger partial charge on any atom is -0.508 e. The molecule has 1 saturated heterocycles. The van der Waals surface area contributed by atoms with Crippen LogP contribution in [0.4, 0.5) is 5.82 Å². The van der Waals surface area contributed by atoms with Crippen molar-refractivity contribution in [1.29, 1.82) is 0 Å². The van der Waals surface area contributed by atoms with Crippen molar-refractivity contribution >= 4 is 27.6 Å². The molecule has 0 radical (unpaired) electrons. The Morgan fingerprint density at radius 2 is 1.70 bits per heavy atom. The summed E-state index contributed by atoms with van der Waals surface area (Å²) in [5, 5.41) is 12.2. The molecule has 0 amide bonds. The van der Waals surface area contributed by atoms with Gasteiger partial charge in [0.25, 0.3) is 0 Å². The molecule has 33 heavy (non-hydrogen) atoms. The Morgan fingerprint density at radius 1 is 0.848 bits per heavy atom. The van der Waals surface area contributed by atoms with Gasteiger partial charge in [-0.3, -0.25) is 0 Å². The lowest BCUT2D eigenvalue weighted by molar-refractivity contribution is 0.122. The Morgan fingerprint density at radius 3 is 2.52 bits per heavy atom. The highest BCUT2D eigenvalue weighted by molar-refractivity contribution is 6.08. The number of hydrogen-bond acceptors (Lipinski definition) is 5. The van der Waals surface area contributed by atoms with Crippen LogP contribution in [0.5, 0.6) is 5.75 Å². The van der Waals surface area contributed by atoms with Crippen molar-refractivity contribution in [2.24, 2.45) is 0 Å². The molecule has 0 spiro atoms. The van der Waals surface area contributed by atoms with Crippen LogP contribution in [0.15, 0.2) is 79.0 Å². The Kier molecular flexibility index (Phi) is 4.92. The average molecular weight is 437 g/mol. The highest BCUT2D eigenvalue weighted by Gasteiger charge is 2.20. The van der Waals surface area contributed by atoms with Gasteiger partial charge in [-0.25, -0.2) is 9.97 Å². The fraction of sp³-hybridized carbons (Fsp3) is 0.185. The van der Waals surface area contributed by atoms with Gasteiger partial charge >= 0.3 is 0 Å². The highest BCUT2D eigenvalue weighted by atomic mass is 16.5. The lowest BCUT2D eigenvalue weighted by Crippen LogP contribution is -2.37. The zero-order chi connectivity index (χ0) is 22.2. The summed E-state index contributed by atoms with van der Waals surface area (Å²) >= 11 is 0. The van der Waals surface area contributed by atoms with E-state index in [0.29, 0.717) is 19.0 Å².